The van der Waals surface area contributed by atoms with E-state index in [1.165, 1.54) is 0 Å². The third-order valence-electron chi connectivity index (χ3n) is 2.97. The molecule has 0 N–H and O–H groups in total. The molecule has 0 radical (unpaired) electrons. The number of para-hydroxylation sites is 1. The number of rotatable bonds is 5. The van der Waals surface area contributed by atoms with Crippen molar-refractivity contribution in [1.82, 2.24) is 0 Å². The van der Waals surface area contributed by atoms with Gasteiger partial charge in [-0.05, 0) is 37.8 Å². The summed E-state index contributed by atoms with van der Waals surface area (Å²) in [7, 11) is 0.0613. The fourth-order valence-electron chi connectivity index (χ4n) is 1.69. The van der Waals surface area contributed by atoms with Crippen LogP contribution in [0.15, 0.2) is 18.2 Å². The molecule has 0 amide bonds. The Hall–Kier alpha value is -0.880. The summed E-state index contributed by atoms with van der Waals surface area (Å²) in [6.07, 6.45) is 1.48. The van der Waals surface area contributed by atoms with Gasteiger partial charge in [0, 0.05) is 0 Å². The van der Waals surface area contributed by atoms with E-state index >= 15 is 0 Å². The summed E-state index contributed by atoms with van der Waals surface area (Å²) in [4.78, 5) is 0. The number of benzene rings is 1. The quantitative estimate of drug-likeness (QED) is 0.706. The van der Waals surface area contributed by atoms with Crippen LogP contribution in [0.2, 0.25) is 0 Å². The minimum Gasteiger partial charge on any atom is -0.475 e. The molecule has 0 bridgehead atoms. The summed E-state index contributed by atoms with van der Waals surface area (Å²) in [5.41, 5.74) is 2.19. The van der Waals surface area contributed by atoms with Crippen LogP contribution in [-0.4, -0.2) is 5.34 Å². The molecule has 16 heavy (non-hydrogen) atoms. The molecule has 0 saturated heterocycles. The van der Waals surface area contributed by atoms with Gasteiger partial charge in [0.2, 0.25) is 8.46 Å². The van der Waals surface area contributed by atoms with E-state index in [2.05, 4.69) is 0 Å². The van der Waals surface area contributed by atoms with E-state index in [9.17, 15) is 4.57 Å². The third-order valence-corrected chi connectivity index (χ3v) is 4.03. The second-order valence-corrected chi connectivity index (χ2v) is 5.07. The molecule has 0 saturated carbocycles. The van der Waals surface area contributed by atoms with Crippen molar-refractivity contribution in [2.45, 2.75) is 45.9 Å². The largest absolute Gasteiger partial charge is 0.475 e. The average molecular weight is 238 g/mol. The Morgan fingerprint density at radius 1 is 1.19 bits per heavy atom. The smallest absolute Gasteiger partial charge is 0.204 e. The number of hydrogen-bond acceptors (Lipinski definition) is 2. The maximum absolute atomic E-state index is 11.3. The van der Waals surface area contributed by atoms with E-state index in [1.807, 2.05) is 45.9 Å². The highest BCUT2D eigenvalue weighted by atomic mass is 31.1. The van der Waals surface area contributed by atoms with E-state index in [0.717, 1.165) is 29.7 Å². The molecule has 2 nitrogen and oxygen atoms in total. The first kappa shape index (κ1) is 13.2. The number of ether oxygens (including phenoxy) is 1. The Morgan fingerprint density at radius 3 is 2.06 bits per heavy atom. The van der Waals surface area contributed by atoms with Crippen LogP contribution in [0, 0.1) is 13.8 Å². The molecule has 3 heteroatoms. The molecule has 0 aliphatic heterocycles. The predicted octanol–water partition coefficient (Wildman–Crippen LogP) is 4.49. The first-order valence-electron chi connectivity index (χ1n) is 5.68. The summed E-state index contributed by atoms with van der Waals surface area (Å²) in [6, 6.07) is 6.03. The highest BCUT2D eigenvalue weighted by Crippen LogP contribution is 2.36. The number of aryl methyl sites for hydroxylation is 2. The van der Waals surface area contributed by atoms with E-state index in [-0.39, 0.29) is 8.46 Å². The van der Waals surface area contributed by atoms with E-state index in [1.54, 1.807) is 0 Å². The van der Waals surface area contributed by atoms with Gasteiger partial charge in [-0.2, -0.15) is 0 Å². The fourth-order valence-corrected chi connectivity index (χ4v) is 2.08. The molecule has 1 aromatic carbocycles. The molecule has 1 rings (SSSR count). The van der Waals surface area contributed by atoms with E-state index < -0.39 is 5.34 Å². The van der Waals surface area contributed by atoms with Gasteiger partial charge in [0.25, 0.3) is 0 Å². The average Bonchev–Trinajstić information content (AvgIpc) is 2.30. The zero-order valence-electron chi connectivity index (χ0n) is 10.4. The Bertz CT molecular complexity index is 350. The molecular formula is C13H19O2P. The number of hydrogen-bond donors (Lipinski definition) is 0. The molecule has 0 aliphatic carbocycles. The van der Waals surface area contributed by atoms with Crippen LogP contribution in [-0.2, 0) is 4.57 Å². The summed E-state index contributed by atoms with van der Waals surface area (Å²) < 4.78 is 17.3. The lowest BCUT2D eigenvalue weighted by molar-refractivity contribution is 0.147. The molecule has 0 heterocycles. The molecule has 0 atom stereocenters. The molecule has 88 valence electrons. The minimum absolute atomic E-state index is 0.0613. The van der Waals surface area contributed by atoms with Crippen LogP contribution >= 0.6 is 8.46 Å². The van der Waals surface area contributed by atoms with Gasteiger partial charge in [0.15, 0.2) is 5.34 Å². The van der Waals surface area contributed by atoms with Crippen LogP contribution in [0.1, 0.15) is 37.8 Å². The third kappa shape index (κ3) is 2.62. The SMILES string of the molecule is CCC(CC)(Oc1c(C)cccc1C)P=O. The molecule has 1 aromatic rings. The van der Waals surface area contributed by atoms with Crippen LogP contribution < -0.4 is 4.74 Å². The first-order chi connectivity index (χ1) is 7.58. The van der Waals surface area contributed by atoms with E-state index in [4.69, 9.17) is 4.74 Å². The molecular weight excluding hydrogens is 219 g/mol. The van der Waals surface area contributed by atoms with Crippen LogP contribution in [0.5, 0.6) is 5.75 Å². The zero-order chi connectivity index (χ0) is 12.2. The van der Waals surface area contributed by atoms with E-state index in [0.29, 0.717) is 0 Å². The first-order valence-corrected chi connectivity index (χ1v) is 6.49. The van der Waals surface area contributed by atoms with Gasteiger partial charge in [0.1, 0.15) is 5.75 Å². The van der Waals surface area contributed by atoms with Crippen molar-refractivity contribution in [2.24, 2.45) is 0 Å². The Kier molecular flexibility index (Phi) is 4.49. The van der Waals surface area contributed by atoms with Gasteiger partial charge in [-0.3, -0.25) is 4.57 Å². The van der Waals surface area contributed by atoms with Crippen molar-refractivity contribution in [3.8, 4) is 5.75 Å². The van der Waals surface area contributed by atoms with Crippen LogP contribution in [0.3, 0.4) is 0 Å². The van der Waals surface area contributed by atoms with Gasteiger partial charge in [-0.25, -0.2) is 0 Å². The lowest BCUT2D eigenvalue weighted by Crippen LogP contribution is -2.28. The molecule has 0 fully saturated rings. The monoisotopic (exact) mass is 238 g/mol. The molecule has 0 spiro atoms. The second-order valence-electron chi connectivity index (χ2n) is 4.07. The maximum atomic E-state index is 11.3. The van der Waals surface area contributed by atoms with Crippen LogP contribution in [0.4, 0.5) is 0 Å². The molecule has 0 unspecified atom stereocenters. The van der Waals surface area contributed by atoms with Crippen molar-refractivity contribution in [3.63, 3.8) is 0 Å². The lowest BCUT2D eigenvalue weighted by atomic mass is 10.1. The topological polar surface area (TPSA) is 26.3 Å². The van der Waals surface area contributed by atoms with Crippen molar-refractivity contribution in [2.75, 3.05) is 0 Å². The van der Waals surface area contributed by atoms with Crippen LogP contribution in [0.25, 0.3) is 0 Å². The van der Waals surface area contributed by atoms with Gasteiger partial charge >= 0.3 is 0 Å². The zero-order valence-corrected chi connectivity index (χ0v) is 11.3. The molecule has 0 aliphatic rings. The molecule has 0 aromatic heterocycles. The Labute approximate surface area is 99.2 Å². The summed E-state index contributed by atoms with van der Waals surface area (Å²) in [5, 5.41) is -0.573. The minimum atomic E-state index is -0.573. The normalized spacial score (nSPS) is 11.8. The van der Waals surface area contributed by atoms with Gasteiger partial charge < -0.3 is 4.74 Å². The fraction of sp³-hybridized carbons (Fsp3) is 0.538. The van der Waals surface area contributed by atoms with Crippen molar-refractivity contribution >= 4 is 8.46 Å². The standard InChI is InChI=1S/C13H19O2P/c1-5-13(6-2,16-14)15-12-10(3)8-7-9-11(12)4/h7-9H,5-6H2,1-4H3. The highest BCUT2D eigenvalue weighted by molar-refractivity contribution is 7.25. The predicted molar refractivity (Wildman–Crippen MR) is 67.5 cm³/mol. The second kappa shape index (κ2) is 5.45. The Morgan fingerprint density at radius 2 is 1.69 bits per heavy atom. The lowest BCUT2D eigenvalue weighted by Gasteiger charge is -2.27. The van der Waals surface area contributed by atoms with Crippen molar-refractivity contribution in [3.05, 3.63) is 29.3 Å². The van der Waals surface area contributed by atoms with Gasteiger partial charge in [0.05, 0.1) is 0 Å². The van der Waals surface area contributed by atoms with Crippen molar-refractivity contribution in [1.29, 1.82) is 0 Å². The van der Waals surface area contributed by atoms with Crippen molar-refractivity contribution < 1.29 is 9.30 Å². The van der Waals surface area contributed by atoms with Gasteiger partial charge in [-0.15, -0.1) is 0 Å². The maximum Gasteiger partial charge on any atom is 0.204 e. The van der Waals surface area contributed by atoms with Gasteiger partial charge in [-0.1, -0.05) is 32.0 Å². The highest BCUT2D eigenvalue weighted by Gasteiger charge is 2.30. The Balaban J connectivity index is 3.07. The summed E-state index contributed by atoms with van der Waals surface area (Å²) in [5.74, 6) is 0.870. The summed E-state index contributed by atoms with van der Waals surface area (Å²) in [6.45, 7) is 8.03. The summed E-state index contributed by atoms with van der Waals surface area (Å²) >= 11 is 0.